The number of carbonyl (C=O) groups excluding carboxylic acids is 2. The summed E-state index contributed by atoms with van der Waals surface area (Å²) in [5.74, 6) is -1.30. The number of ether oxygens (including phenoxy) is 2. The molecule has 2 atom stereocenters. The highest BCUT2D eigenvalue weighted by molar-refractivity contribution is 5.88. The molecule has 4 heteroatoms. The van der Waals surface area contributed by atoms with E-state index in [1.165, 1.54) is 13.2 Å². The third-order valence-electron chi connectivity index (χ3n) is 3.21. The zero-order valence-corrected chi connectivity index (χ0v) is 11.0. The summed E-state index contributed by atoms with van der Waals surface area (Å²) in [6, 6.07) is 9.62. The van der Waals surface area contributed by atoms with Gasteiger partial charge in [-0.25, -0.2) is 4.79 Å². The van der Waals surface area contributed by atoms with Crippen LogP contribution in [0.25, 0.3) is 0 Å². The van der Waals surface area contributed by atoms with Crippen LogP contribution >= 0.6 is 0 Å². The van der Waals surface area contributed by atoms with Crippen LogP contribution in [0.2, 0.25) is 0 Å². The predicted octanol–water partition coefficient (Wildman–Crippen LogP) is 1.89. The molecule has 0 saturated carbocycles. The highest BCUT2D eigenvalue weighted by Crippen LogP contribution is 2.26. The van der Waals surface area contributed by atoms with Gasteiger partial charge in [0.15, 0.2) is 0 Å². The van der Waals surface area contributed by atoms with Crippen molar-refractivity contribution in [3.05, 3.63) is 47.5 Å². The highest BCUT2D eigenvalue weighted by Gasteiger charge is 2.36. The van der Waals surface area contributed by atoms with Crippen molar-refractivity contribution >= 4 is 11.9 Å². The summed E-state index contributed by atoms with van der Waals surface area (Å²) in [6.45, 7) is 1.75. The Morgan fingerprint density at radius 1 is 1.32 bits per heavy atom. The maximum Gasteiger partial charge on any atom is 0.331 e. The smallest absolute Gasteiger partial charge is 0.331 e. The van der Waals surface area contributed by atoms with Gasteiger partial charge in [-0.3, -0.25) is 4.79 Å². The Hall–Kier alpha value is -2.10. The largest absolute Gasteiger partial charge is 0.468 e. The van der Waals surface area contributed by atoms with Crippen LogP contribution in [-0.4, -0.2) is 25.2 Å². The SMILES string of the molecule is COC(=O)[C@H]1C(C)=CC(=O)O[C@H]1Cc1ccccc1. The van der Waals surface area contributed by atoms with Gasteiger partial charge in [-0.1, -0.05) is 30.3 Å². The van der Waals surface area contributed by atoms with Crippen molar-refractivity contribution in [3.8, 4) is 0 Å². The molecule has 1 aliphatic heterocycles. The molecule has 0 amide bonds. The molecule has 0 spiro atoms. The molecule has 2 rings (SSSR count). The Labute approximate surface area is 112 Å². The molecule has 1 aromatic rings. The lowest BCUT2D eigenvalue weighted by Crippen LogP contribution is -2.38. The molecular formula is C15H16O4. The average Bonchev–Trinajstić information content (AvgIpc) is 2.38. The molecule has 1 heterocycles. The molecule has 0 aliphatic carbocycles. The number of methoxy groups -OCH3 is 1. The van der Waals surface area contributed by atoms with Crippen molar-refractivity contribution in [2.45, 2.75) is 19.4 Å². The van der Waals surface area contributed by atoms with E-state index in [-0.39, 0.29) is 5.97 Å². The van der Waals surface area contributed by atoms with Crippen molar-refractivity contribution < 1.29 is 19.1 Å². The molecule has 0 fully saturated rings. The molecular weight excluding hydrogens is 244 g/mol. The number of carbonyl (C=O) groups is 2. The van der Waals surface area contributed by atoms with Crippen molar-refractivity contribution in [1.29, 1.82) is 0 Å². The molecule has 100 valence electrons. The van der Waals surface area contributed by atoms with E-state index in [1.807, 2.05) is 30.3 Å². The van der Waals surface area contributed by atoms with Gasteiger partial charge in [-0.15, -0.1) is 0 Å². The third-order valence-corrected chi connectivity index (χ3v) is 3.21. The van der Waals surface area contributed by atoms with Crippen LogP contribution < -0.4 is 0 Å². The van der Waals surface area contributed by atoms with Crippen molar-refractivity contribution in [3.63, 3.8) is 0 Å². The number of rotatable bonds is 3. The van der Waals surface area contributed by atoms with Gasteiger partial charge in [0.2, 0.25) is 0 Å². The first-order valence-corrected chi connectivity index (χ1v) is 6.12. The fraction of sp³-hybridized carbons (Fsp3) is 0.333. The van der Waals surface area contributed by atoms with Gasteiger partial charge in [0, 0.05) is 12.5 Å². The first kappa shape index (κ1) is 13.3. The molecule has 19 heavy (non-hydrogen) atoms. The summed E-state index contributed by atoms with van der Waals surface area (Å²) in [4.78, 5) is 23.3. The highest BCUT2D eigenvalue weighted by atomic mass is 16.6. The topological polar surface area (TPSA) is 52.6 Å². The van der Waals surface area contributed by atoms with Gasteiger partial charge in [-0.2, -0.15) is 0 Å². The van der Waals surface area contributed by atoms with Crippen molar-refractivity contribution in [2.75, 3.05) is 7.11 Å². The minimum atomic E-state index is -0.525. The Balaban J connectivity index is 2.23. The second kappa shape index (κ2) is 5.69. The van der Waals surface area contributed by atoms with Crippen molar-refractivity contribution in [2.24, 2.45) is 5.92 Å². The maximum atomic E-state index is 11.8. The minimum Gasteiger partial charge on any atom is -0.468 e. The second-order valence-corrected chi connectivity index (χ2v) is 4.55. The maximum absolute atomic E-state index is 11.8. The molecule has 0 unspecified atom stereocenters. The number of hydrogen-bond acceptors (Lipinski definition) is 4. The first-order valence-electron chi connectivity index (χ1n) is 6.12. The molecule has 0 aromatic heterocycles. The van der Waals surface area contributed by atoms with E-state index in [0.717, 1.165) is 5.56 Å². The van der Waals surface area contributed by atoms with E-state index < -0.39 is 18.0 Å². The summed E-state index contributed by atoms with van der Waals surface area (Å²) in [7, 11) is 1.34. The van der Waals surface area contributed by atoms with Gasteiger partial charge >= 0.3 is 11.9 Å². The molecule has 0 N–H and O–H groups in total. The fourth-order valence-corrected chi connectivity index (χ4v) is 2.29. The summed E-state index contributed by atoms with van der Waals surface area (Å²) in [5.41, 5.74) is 1.70. The predicted molar refractivity (Wildman–Crippen MR) is 69.3 cm³/mol. The molecule has 1 aromatic carbocycles. The fourth-order valence-electron chi connectivity index (χ4n) is 2.29. The number of esters is 2. The monoisotopic (exact) mass is 260 g/mol. The lowest BCUT2D eigenvalue weighted by atomic mass is 9.88. The van der Waals surface area contributed by atoms with Gasteiger partial charge in [0.05, 0.1) is 7.11 Å². The van der Waals surface area contributed by atoms with E-state index in [2.05, 4.69) is 0 Å². The average molecular weight is 260 g/mol. The van der Waals surface area contributed by atoms with E-state index in [1.54, 1.807) is 6.92 Å². The molecule has 0 saturated heterocycles. The van der Waals surface area contributed by atoms with Gasteiger partial charge < -0.3 is 9.47 Å². The molecule has 0 radical (unpaired) electrons. The minimum absolute atomic E-state index is 0.373. The van der Waals surface area contributed by atoms with Crippen LogP contribution in [0.5, 0.6) is 0 Å². The first-order chi connectivity index (χ1) is 9.11. The Kier molecular flexibility index (Phi) is 4.00. The van der Waals surface area contributed by atoms with E-state index in [0.29, 0.717) is 12.0 Å². The molecule has 1 aliphatic rings. The lowest BCUT2D eigenvalue weighted by molar-refractivity contribution is -0.157. The standard InChI is InChI=1S/C15H16O4/c1-10-8-13(16)19-12(14(10)15(17)18-2)9-11-6-4-3-5-7-11/h3-8,12,14H,9H2,1-2H3/t12-,14-/m0/s1. The number of hydrogen-bond donors (Lipinski definition) is 0. The van der Waals surface area contributed by atoms with Crippen LogP contribution in [0.4, 0.5) is 0 Å². The molecule has 0 bridgehead atoms. The van der Waals surface area contributed by atoms with E-state index >= 15 is 0 Å². The lowest BCUT2D eigenvalue weighted by Gasteiger charge is -2.29. The summed E-state index contributed by atoms with van der Waals surface area (Å²) in [6.07, 6.45) is 1.34. The summed E-state index contributed by atoms with van der Waals surface area (Å²) >= 11 is 0. The van der Waals surface area contributed by atoms with Crippen LogP contribution in [-0.2, 0) is 25.5 Å². The number of benzene rings is 1. The van der Waals surface area contributed by atoms with Crippen LogP contribution in [0.3, 0.4) is 0 Å². The van der Waals surface area contributed by atoms with Gasteiger partial charge in [0.25, 0.3) is 0 Å². The number of cyclic esters (lactones) is 1. The second-order valence-electron chi connectivity index (χ2n) is 4.55. The normalized spacial score (nSPS) is 22.4. The van der Waals surface area contributed by atoms with E-state index in [9.17, 15) is 9.59 Å². The Morgan fingerprint density at radius 2 is 2.00 bits per heavy atom. The zero-order chi connectivity index (χ0) is 13.8. The van der Waals surface area contributed by atoms with Crippen molar-refractivity contribution in [1.82, 2.24) is 0 Å². The quantitative estimate of drug-likeness (QED) is 0.779. The van der Waals surface area contributed by atoms with Crippen LogP contribution in [0.1, 0.15) is 12.5 Å². The van der Waals surface area contributed by atoms with E-state index in [4.69, 9.17) is 9.47 Å². The van der Waals surface area contributed by atoms with Crippen LogP contribution in [0, 0.1) is 5.92 Å². The van der Waals surface area contributed by atoms with Gasteiger partial charge in [0.1, 0.15) is 12.0 Å². The summed E-state index contributed by atoms with van der Waals surface area (Å²) < 4.78 is 10.1. The van der Waals surface area contributed by atoms with Gasteiger partial charge in [-0.05, 0) is 18.1 Å². The Morgan fingerprint density at radius 3 is 2.63 bits per heavy atom. The summed E-state index contributed by atoms with van der Waals surface area (Å²) in [5, 5.41) is 0. The van der Waals surface area contributed by atoms with Crippen LogP contribution in [0.15, 0.2) is 42.0 Å². The Bertz CT molecular complexity index is 504. The zero-order valence-electron chi connectivity index (χ0n) is 11.0. The third kappa shape index (κ3) is 3.02. The molecule has 4 nitrogen and oxygen atoms in total.